The molecule has 2 N–H and O–H groups in total. The fraction of sp³-hybridized carbons (Fsp3) is 0.600. The van der Waals surface area contributed by atoms with Crippen LogP contribution in [-0.4, -0.2) is 19.8 Å². The fourth-order valence-electron chi connectivity index (χ4n) is 0.260. The molecular formula is C5H11NO. The van der Waals surface area contributed by atoms with Crippen molar-refractivity contribution in [2.75, 3.05) is 13.7 Å². The van der Waals surface area contributed by atoms with E-state index >= 15 is 0 Å². The second-order valence-corrected chi connectivity index (χ2v) is 1.35. The molecule has 0 spiro atoms. The van der Waals surface area contributed by atoms with Gasteiger partial charge in [0, 0.05) is 13.2 Å². The minimum absolute atomic E-state index is 0.00926. The third-order valence-electron chi connectivity index (χ3n) is 0.662. The van der Waals surface area contributed by atoms with Gasteiger partial charge in [-0.15, -0.1) is 6.58 Å². The zero-order chi connectivity index (χ0) is 5.70. The van der Waals surface area contributed by atoms with Crippen LogP contribution in [0.4, 0.5) is 0 Å². The van der Waals surface area contributed by atoms with Crippen LogP contribution in [0.1, 0.15) is 0 Å². The van der Waals surface area contributed by atoms with E-state index in [0.717, 1.165) is 0 Å². The summed E-state index contributed by atoms with van der Waals surface area (Å²) in [5.74, 6) is 0. The number of hydrogen-bond donors (Lipinski definition) is 1. The Morgan fingerprint density at radius 1 is 2.00 bits per heavy atom. The summed E-state index contributed by atoms with van der Waals surface area (Å²) in [7, 11) is 1.61. The van der Waals surface area contributed by atoms with Crippen LogP contribution in [0.5, 0.6) is 0 Å². The molecule has 2 nitrogen and oxygen atoms in total. The summed E-state index contributed by atoms with van der Waals surface area (Å²) in [6.45, 7) is 4.03. The van der Waals surface area contributed by atoms with E-state index < -0.39 is 0 Å². The van der Waals surface area contributed by atoms with Gasteiger partial charge in [-0.05, 0) is 0 Å². The zero-order valence-electron chi connectivity index (χ0n) is 4.55. The Morgan fingerprint density at radius 2 is 2.57 bits per heavy atom. The molecule has 2 heteroatoms. The SMILES string of the molecule is C=CC(N)COC. The molecule has 0 aromatic rings. The van der Waals surface area contributed by atoms with Crippen LogP contribution < -0.4 is 5.73 Å². The summed E-state index contributed by atoms with van der Waals surface area (Å²) in [5.41, 5.74) is 5.34. The second kappa shape index (κ2) is 3.84. The summed E-state index contributed by atoms with van der Waals surface area (Å²) in [6, 6.07) is -0.00926. The van der Waals surface area contributed by atoms with Crippen LogP contribution in [0, 0.1) is 0 Å². The van der Waals surface area contributed by atoms with Gasteiger partial charge in [0.15, 0.2) is 0 Å². The molecule has 0 bridgehead atoms. The molecule has 1 unspecified atom stereocenters. The monoisotopic (exact) mass is 101 g/mol. The third-order valence-corrected chi connectivity index (χ3v) is 0.662. The molecule has 0 rings (SSSR count). The predicted octanol–water partition coefficient (Wildman–Crippen LogP) is 0.146. The molecule has 0 heterocycles. The number of nitrogens with two attached hydrogens (primary N) is 1. The molecular weight excluding hydrogens is 90.1 g/mol. The molecule has 0 aromatic heterocycles. The Labute approximate surface area is 44.0 Å². The van der Waals surface area contributed by atoms with Crippen molar-refractivity contribution >= 4 is 0 Å². The van der Waals surface area contributed by atoms with E-state index in [1.165, 1.54) is 0 Å². The van der Waals surface area contributed by atoms with Crippen LogP contribution in [0.15, 0.2) is 12.7 Å². The van der Waals surface area contributed by atoms with Crippen LogP contribution in [0.2, 0.25) is 0 Å². The molecule has 7 heavy (non-hydrogen) atoms. The molecule has 1 atom stereocenters. The van der Waals surface area contributed by atoms with E-state index in [0.29, 0.717) is 6.61 Å². The summed E-state index contributed by atoms with van der Waals surface area (Å²) < 4.78 is 4.70. The van der Waals surface area contributed by atoms with Gasteiger partial charge in [0.05, 0.1) is 6.61 Å². The van der Waals surface area contributed by atoms with E-state index in [1.807, 2.05) is 0 Å². The van der Waals surface area contributed by atoms with Gasteiger partial charge in [0.1, 0.15) is 0 Å². The average molecular weight is 101 g/mol. The van der Waals surface area contributed by atoms with Crippen molar-refractivity contribution in [3.63, 3.8) is 0 Å². The van der Waals surface area contributed by atoms with Gasteiger partial charge >= 0.3 is 0 Å². The lowest BCUT2D eigenvalue weighted by atomic mass is 10.3. The number of methoxy groups -OCH3 is 1. The van der Waals surface area contributed by atoms with Gasteiger partial charge < -0.3 is 10.5 Å². The molecule has 0 fully saturated rings. The minimum Gasteiger partial charge on any atom is -0.383 e. The molecule has 0 aliphatic carbocycles. The molecule has 0 aromatic carbocycles. The van der Waals surface area contributed by atoms with Crippen molar-refractivity contribution in [3.05, 3.63) is 12.7 Å². The van der Waals surface area contributed by atoms with Crippen molar-refractivity contribution in [2.24, 2.45) is 5.73 Å². The Morgan fingerprint density at radius 3 is 2.71 bits per heavy atom. The Kier molecular flexibility index (Phi) is 3.65. The minimum atomic E-state index is -0.00926. The molecule has 0 saturated heterocycles. The average Bonchev–Trinajstić information content (AvgIpc) is 1.68. The first-order chi connectivity index (χ1) is 3.31. The van der Waals surface area contributed by atoms with Crippen LogP contribution in [0.25, 0.3) is 0 Å². The highest BCUT2D eigenvalue weighted by Gasteiger charge is 1.89. The molecule has 0 aliphatic rings. The first-order valence-corrected chi connectivity index (χ1v) is 2.18. The van der Waals surface area contributed by atoms with Gasteiger partial charge in [-0.1, -0.05) is 6.08 Å². The van der Waals surface area contributed by atoms with Crippen molar-refractivity contribution < 1.29 is 4.74 Å². The van der Waals surface area contributed by atoms with E-state index in [1.54, 1.807) is 13.2 Å². The Bertz CT molecular complexity index is 54.0. The third kappa shape index (κ3) is 3.49. The predicted molar refractivity (Wildman–Crippen MR) is 30.0 cm³/mol. The van der Waals surface area contributed by atoms with Crippen molar-refractivity contribution in [1.29, 1.82) is 0 Å². The van der Waals surface area contributed by atoms with Crippen LogP contribution >= 0.6 is 0 Å². The molecule has 0 aliphatic heterocycles. The van der Waals surface area contributed by atoms with Crippen LogP contribution in [-0.2, 0) is 4.74 Å². The molecule has 0 saturated carbocycles. The van der Waals surface area contributed by atoms with Gasteiger partial charge in [-0.2, -0.15) is 0 Å². The zero-order valence-corrected chi connectivity index (χ0v) is 4.55. The summed E-state index contributed by atoms with van der Waals surface area (Å²) >= 11 is 0. The highest BCUT2D eigenvalue weighted by molar-refractivity contribution is 4.81. The van der Waals surface area contributed by atoms with Gasteiger partial charge in [0.2, 0.25) is 0 Å². The summed E-state index contributed by atoms with van der Waals surface area (Å²) in [6.07, 6.45) is 1.66. The topological polar surface area (TPSA) is 35.2 Å². The van der Waals surface area contributed by atoms with Crippen molar-refractivity contribution in [3.8, 4) is 0 Å². The van der Waals surface area contributed by atoms with Crippen molar-refractivity contribution in [2.45, 2.75) is 6.04 Å². The summed E-state index contributed by atoms with van der Waals surface area (Å²) in [5, 5.41) is 0. The maximum atomic E-state index is 5.34. The van der Waals surface area contributed by atoms with E-state index in [-0.39, 0.29) is 6.04 Å². The number of rotatable bonds is 3. The lowest BCUT2D eigenvalue weighted by Gasteiger charge is -2.00. The summed E-state index contributed by atoms with van der Waals surface area (Å²) in [4.78, 5) is 0. The smallest absolute Gasteiger partial charge is 0.0649 e. The van der Waals surface area contributed by atoms with Gasteiger partial charge in [-0.3, -0.25) is 0 Å². The van der Waals surface area contributed by atoms with E-state index in [9.17, 15) is 0 Å². The van der Waals surface area contributed by atoms with Gasteiger partial charge in [-0.25, -0.2) is 0 Å². The van der Waals surface area contributed by atoms with E-state index in [2.05, 4.69) is 6.58 Å². The maximum absolute atomic E-state index is 5.34. The maximum Gasteiger partial charge on any atom is 0.0649 e. The molecule has 0 amide bonds. The quantitative estimate of drug-likeness (QED) is 0.513. The lowest BCUT2D eigenvalue weighted by Crippen LogP contribution is -2.21. The normalized spacial score (nSPS) is 13.4. The fourth-order valence-corrected chi connectivity index (χ4v) is 0.260. The van der Waals surface area contributed by atoms with Gasteiger partial charge in [0.25, 0.3) is 0 Å². The largest absolute Gasteiger partial charge is 0.383 e. The second-order valence-electron chi connectivity index (χ2n) is 1.35. The first kappa shape index (κ1) is 6.66. The highest BCUT2D eigenvalue weighted by Crippen LogP contribution is 1.76. The first-order valence-electron chi connectivity index (χ1n) is 2.18. The number of ether oxygens (including phenoxy) is 1. The standard InChI is InChI=1S/C5H11NO/c1-3-5(6)4-7-2/h3,5H,1,4,6H2,2H3. The van der Waals surface area contributed by atoms with E-state index in [4.69, 9.17) is 10.5 Å². The highest BCUT2D eigenvalue weighted by atomic mass is 16.5. The van der Waals surface area contributed by atoms with Crippen LogP contribution in [0.3, 0.4) is 0 Å². The molecule has 0 radical (unpaired) electrons. The Hall–Kier alpha value is -0.340. The molecule has 42 valence electrons. The van der Waals surface area contributed by atoms with Crippen molar-refractivity contribution in [1.82, 2.24) is 0 Å². The Balaban J connectivity index is 2.98. The number of hydrogen-bond acceptors (Lipinski definition) is 2. The lowest BCUT2D eigenvalue weighted by molar-refractivity contribution is 0.192.